The number of allylic oxidation sites excluding steroid dienone is 4. The topological polar surface area (TPSA) is 9.23 Å². The Kier molecular flexibility index (Phi) is 5.00. The van der Waals surface area contributed by atoms with Crippen molar-refractivity contribution in [2.45, 2.75) is 92.6 Å². The average Bonchev–Trinajstić information content (AvgIpc) is 3.09. The smallest absolute Gasteiger partial charge is 0.119 e. The van der Waals surface area contributed by atoms with Gasteiger partial charge in [-0.25, -0.2) is 0 Å². The van der Waals surface area contributed by atoms with Gasteiger partial charge in [0.25, 0.3) is 0 Å². The lowest BCUT2D eigenvalue weighted by Gasteiger charge is -2.60. The zero-order valence-corrected chi connectivity index (χ0v) is 20.6. The second kappa shape index (κ2) is 7.26. The van der Waals surface area contributed by atoms with E-state index in [1.165, 1.54) is 44.9 Å². The van der Waals surface area contributed by atoms with E-state index >= 15 is 0 Å². The fourth-order valence-corrected chi connectivity index (χ4v) is 8.41. The lowest BCUT2D eigenvalue weighted by Crippen LogP contribution is -2.50. The first kappa shape index (κ1) is 21.4. The molecule has 4 aliphatic carbocycles. The molecule has 31 heavy (non-hydrogen) atoms. The highest BCUT2D eigenvalue weighted by Crippen LogP contribution is 2.67. The van der Waals surface area contributed by atoms with Gasteiger partial charge in [0.1, 0.15) is 5.75 Å². The normalized spacial score (nSPS) is 39.8. The third-order valence-corrected chi connectivity index (χ3v) is 10.6. The number of hydrogen-bond donors (Lipinski definition) is 0. The van der Waals surface area contributed by atoms with Crippen LogP contribution in [0.1, 0.15) is 86.5 Å². The standard InChI is InChI=1S/C30H42O/c1-20-16-18-30(6)26-17-19-29(5)24(21(2)31-22-10-8-7-9-11-22)13-14-25(29)23(26)12-15-27(30)28(20,3)4/h7-11,14,20-21,24,27H,12-13,15-19H2,1-6H3/t20?,21-,24?,27?,29?,30?/m1/s1. The number of rotatable bonds is 3. The summed E-state index contributed by atoms with van der Waals surface area (Å²) in [6, 6.07) is 10.4. The Balaban J connectivity index is 1.44. The molecule has 4 aliphatic rings. The first-order valence-corrected chi connectivity index (χ1v) is 12.8. The first-order chi connectivity index (χ1) is 14.7. The molecule has 0 aliphatic heterocycles. The SMILES string of the molecule is CC1CCC2(C)C3=C(CCC2C1(C)C)C1=CCC([C@@H](C)Oc2ccccc2)C1(C)CC3. The minimum absolute atomic E-state index is 0.240. The van der Waals surface area contributed by atoms with E-state index in [4.69, 9.17) is 4.74 Å². The van der Waals surface area contributed by atoms with Crippen LogP contribution < -0.4 is 4.74 Å². The van der Waals surface area contributed by atoms with Crippen LogP contribution in [0, 0.1) is 34.0 Å². The molecule has 1 fully saturated rings. The van der Waals surface area contributed by atoms with Gasteiger partial charge in [-0.3, -0.25) is 0 Å². The molecule has 5 rings (SSSR count). The lowest BCUT2D eigenvalue weighted by atomic mass is 9.45. The Morgan fingerprint density at radius 2 is 1.68 bits per heavy atom. The van der Waals surface area contributed by atoms with Gasteiger partial charge in [-0.15, -0.1) is 0 Å². The molecule has 5 unspecified atom stereocenters. The van der Waals surface area contributed by atoms with Crippen molar-refractivity contribution >= 4 is 0 Å². The number of hydrogen-bond acceptors (Lipinski definition) is 1. The van der Waals surface area contributed by atoms with Crippen LogP contribution in [0.25, 0.3) is 0 Å². The van der Waals surface area contributed by atoms with Crippen LogP contribution in [0.3, 0.4) is 0 Å². The van der Waals surface area contributed by atoms with Crippen molar-refractivity contribution in [2.24, 2.45) is 34.0 Å². The molecule has 1 aromatic carbocycles. The van der Waals surface area contributed by atoms with Gasteiger partial charge in [-0.05, 0) is 103 Å². The van der Waals surface area contributed by atoms with Gasteiger partial charge in [-0.1, -0.05) is 64.5 Å². The Morgan fingerprint density at radius 3 is 2.42 bits per heavy atom. The molecule has 0 saturated heterocycles. The van der Waals surface area contributed by atoms with Gasteiger partial charge in [-0.2, -0.15) is 0 Å². The summed E-state index contributed by atoms with van der Waals surface area (Å²) in [4.78, 5) is 0. The number of para-hydroxylation sites is 1. The van der Waals surface area contributed by atoms with Crippen LogP contribution in [0.15, 0.2) is 53.1 Å². The molecule has 1 nitrogen and oxygen atoms in total. The van der Waals surface area contributed by atoms with E-state index in [2.05, 4.69) is 78.0 Å². The fourth-order valence-electron chi connectivity index (χ4n) is 8.41. The molecule has 168 valence electrons. The summed E-state index contributed by atoms with van der Waals surface area (Å²) in [6.45, 7) is 15.1. The highest BCUT2D eigenvalue weighted by molar-refractivity contribution is 5.50. The summed E-state index contributed by atoms with van der Waals surface area (Å²) in [5.74, 6) is 3.26. The fraction of sp³-hybridized carbons (Fsp3) is 0.667. The summed E-state index contributed by atoms with van der Waals surface area (Å²) in [5.41, 5.74) is 6.47. The number of fused-ring (bicyclic) bond motifs is 4. The molecule has 0 bridgehead atoms. The molecule has 0 spiro atoms. The zero-order chi connectivity index (χ0) is 22.0. The highest BCUT2D eigenvalue weighted by atomic mass is 16.5. The lowest BCUT2D eigenvalue weighted by molar-refractivity contribution is -0.0343. The maximum atomic E-state index is 6.44. The van der Waals surface area contributed by atoms with Gasteiger partial charge in [0, 0.05) is 5.92 Å². The van der Waals surface area contributed by atoms with E-state index in [1.807, 2.05) is 5.57 Å². The molecule has 1 saturated carbocycles. The van der Waals surface area contributed by atoms with E-state index in [-0.39, 0.29) is 11.5 Å². The van der Waals surface area contributed by atoms with Crippen LogP contribution in [0.5, 0.6) is 5.75 Å². The first-order valence-electron chi connectivity index (χ1n) is 12.8. The molecule has 0 radical (unpaired) electrons. The second-order valence-electron chi connectivity index (χ2n) is 12.2. The van der Waals surface area contributed by atoms with Crippen LogP contribution in [-0.2, 0) is 0 Å². The summed E-state index contributed by atoms with van der Waals surface area (Å²) in [5, 5.41) is 0. The number of benzene rings is 1. The maximum Gasteiger partial charge on any atom is 0.119 e. The van der Waals surface area contributed by atoms with Crippen LogP contribution in [-0.4, -0.2) is 6.10 Å². The minimum Gasteiger partial charge on any atom is -0.490 e. The summed E-state index contributed by atoms with van der Waals surface area (Å²) >= 11 is 0. The van der Waals surface area contributed by atoms with Crippen molar-refractivity contribution in [1.82, 2.24) is 0 Å². The summed E-state index contributed by atoms with van der Waals surface area (Å²) in [7, 11) is 0. The second-order valence-corrected chi connectivity index (χ2v) is 12.2. The van der Waals surface area contributed by atoms with Crippen molar-refractivity contribution in [1.29, 1.82) is 0 Å². The predicted molar refractivity (Wildman–Crippen MR) is 130 cm³/mol. The molecular weight excluding hydrogens is 376 g/mol. The zero-order valence-electron chi connectivity index (χ0n) is 20.6. The Hall–Kier alpha value is -1.50. The Labute approximate surface area is 190 Å². The van der Waals surface area contributed by atoms with E-state index in [0.29, 0.717) is 16.7 Å². The van der Waals surface area contributed by atoms with E-state index in [0.717, 1.165) is 17.6 Å². The van der Waals surface area contributed by atoms with Gasteiger partial charge >= 0.3 is 0 Å². The van der Waals surface area contributed by atoms with Crippen molar-refractivity contribution in [2.75, 3.05) is 0 Å². The van der Waals surface area contributed by atoms with Crippen LogP contribution in [0.4, 0.5) is 0 Å². The maximum absolute atomic E-state index is 6.44. The molecule has 0 N–H and O–H groups in total. The van der Waals surface area contributed by atoms with Gasteiger partial charge in [0.15, 0.2) is 0 Å². The van der Waals surface area contributed by atoms with Crippen LogP contribution in [0.2, 0.25) is 0 Å². The largest absolute Gasteiger partial charge is 0.490 e. The molecule has 6 atom stereocenters. The molecular formula is C30H42O. The van der Waals surface area contributed by atoms with Crippen molar-refractivity contribution in [3.05, 3.63) is 53.1 Å². The average molecular weight is 419 g/mol. The third-order valence-electron chi connectivity index (χ3n) is 10.6. The summed E-state index contributed by atoms with van der Waals surface area (Å²) in [6.07, 6.45) is 12.1. The van der Waals surface area contributed by atoms with Gasteiger partial charge in [0.2, 0.25) is 0 Å². The van der Waals surface area contributed by atoms with E-state index in [1.54, 1.807) is 11.1 Å². The minimum atomic E-state index is 0.240. The van der Waals surface area contributed by atoms with E-state index in [9.17, 15) is 0 Å². The predicted octanol–water partition coefficient (Wildman–Crippen LogP) is 8.37. The molecule has 1 aromatic rings. The summed E-state index contributed by atoms with van der Waals surface area (Å²) < 4.78 is 6.44. The Morgan fingerprint density at radius 1 is 0.935 bits per heavy atom. The van der Waals surface area contributed by atoms with E-state index < -0.39 is 0 Å². The quantitative estimate of drug-likeness (QED) is 0.479. The van der Waals surface area contributed by atoms with Crippen molar-refractivity contribution in [3.8, 4) is 5.75 Å². The molecule has 0 heterocycles. The highest BCUT2D eigenvalue weighted by Gasteiger charge is 2.57. The Bertz CT molecular complexity index is 906. The van der Waals surface area contributed by atoms with Gasteiger partial charge in [0.05, 0.1) is 6.10 Å². The van der Waals surface area contributed by atoms with Crippen LogP contribution >= 0.6 is 0 Å². The molecule has 1 heteroatoms. The molecule has 0 amide bonds. The number of ether oxygens (including phenoxy) is 1. The monoisotopic (exact) mass is 418 g/mol. The third kappa shape index (κ3) is 3.09. The van der Waals surface area contributed by atoms with Crippen molar-refractivity contribution in [3.63, 3.8) is 0 Å². The van der Waals surface area contributed by atoms with Crippen molar-refractivity contribution < 1.29 is 4.74 Å². The molecule has 0 aromatic heterocycles. The van der Waals surface area contributed by atoms with Gasteiger partial charge < -0.3 is 4.74 Å².